The van der Waals surface area contributed by atoms with E-state index in [2.05, 4.69) is 9.73 Å². The molecule has 1 aliphatic rings. The number of esters is 1. The highest BCUT2D eigenvalue weighted by atomic mass is 16.6. The molecule has 2 aromatic carbocycles. The Kier molecular flexibility index (Phi) is 10.9. The fraction of sp³-hybridized carbons (Fsp3) is 0.364. The van der Waals surface area contributed by atoms with Gasteiger partial charge in [0.25, 0.3) is 22.7 Å². The number of rotatable bonds is 7. The number of aliphatic imine (C=N–C) groups is 1. The molecule has 1 aliphatic carbocycles. The maximum atomic E-state index is 11.6. The second kappa shape index (κ2) is 13.3. The highest BCUT2D eigenvalue weighted by molar-refractivity contribution is 6.27. The summed E-state index contributed by atoms with van der Waals surface area (Å²) in [6, 6.07) is 3.51. The number of nitro benzene ring substituents is 4. The zero-order valence-corrected chi connectivity index (χ0v) is 20.7. The van der Waals surface area contributed by atoms with Gasteiger partial charge in [0.2, 0.25) is 0 Å². The number of fused-ring (bicyclic) bond motifs is 3. The van der Waals surface area contributed by atoms with Crippen molar-refractivity contribution in [3.63, 3.8) is 0 Å². The normalized spacial score (nSPS) is 10.5. The van der Waals surface area contributed by atoms with Gasteiger partial charge < -0.3 is 4.74 Å². The van der Waals surface area contributed by atoms with Gasteiger partial charge in [-0.1, -0.05) is 27.2 Å². The Morgan fingerprint density at radius 1 is 0.811 bits per heavy atom. The van der Waals surface area contributed by atoms with Crippen LogP contribution in [0.2, 0.25) is 0 Å². The Labute approximate surface area is 210 Å². The molecule has 0 amide bonds. The zero-order chi connectivity index (χ0) is 28.4. The molecular weight excluding hydrogens is 494 g/mol. The molecule has 0 unspecified atom stereocenters. The number of nitrogens with zero attached hydrogens (tertiary/aromatic N) is 5. The molecule has 198 valence electrons. The van der Waals surface area contributed by atoms with Crippen LogP contribution in [-0.4, -0.2) is 45.0 Å². The highest BCUT2D eigenvalue weighted by Crippen LogP contribution is 2.50. The molecule has 0 saturated carbocycles. The molecule has 2 aromatic rings. The lowest BCUT2D eigenvalue weighted by atomic mass is 10.0. The molecule has 0 saturated heterocycles. The number of nitro groups is 4. The second-order valence-corrected chi connectivity index (χ2v) is 7.08. The highest BCUT2D eigenvalue weighted by Gasteiger charge is 2.41. The lowest BCUT2D eigenvalue weighted by Gasteiger charge is -2.03. The number of benzene rings is 2. The molecule has 0 N–H and O–H groups in total. The van der Waals surface area contributed by atoms with E-state index in [4.69, 9.17) is 0 Å². The SMILES string of the molecule is CC.CCCCN=C1c2cc([N+](=O)[O-])cc([N+](=O)[O-])c2-c2c1cc([N+](=O)[O-])cc2[N+](=O)[O-].COC(C)=O. The Morgan fingerprint density at radius 3 is 1.46 bits per heavy atom. The minimum absolute atomic E-state index is 0.0204. The predicted molar refractivity (Wildman–Crippen MR) is 133 cm³/mol. The van der Waals surface area contributed by atoms with Crippen molar-refractivity contribution >= 4 is 34.4 Å². The quantitative estimate of drug-likeness (QED) is 0.173. The van der Waals surface area contributed by atoms with Crippen LogP contribution in [-0.2, 0) is 9.53 Å². The van der Waals surface area contributed by atoms with E-state index in [0.29, 0.717) is 18.6 Å². The molecule has 15 heteroatoms. The van der Waals surface area contributed by atoms with Crippen LogP contribution in [0.25, 0.3) is 11.1 Å². The van der Waals surface area contributed by atoms with E-state index in [1.807, 2.05) is 20.8 Å². The topological polar surface area (TPSA) is 211 Å². The van der Waals surface area contributed by atoms with Crippen LogP contribution in [0.3, 0.4) is 0 Å². The molecule has 0 radical (unpaired) electrons. The van der Waals surface area contributed by atoms with Gasteiger partial charge in [0.15, 0.2) is 0 Å². The smallest absolute Gasteiger partial charge is 0.302 e. The Hall–Kier alpha value is -4.82. The van der Waals surface area contributed by atoms with Gasteiger partial charge in [0.05, 0.1) is 55.8 Å². The summed E-state index contributed by atoms with van der Waals surface area (Å²) in [7, 11) is 1.35. The third-order valence-corrected chi connectivity index (χ3v) is 4.85. The summed E-state index contributed by atoms with van der Waals surface area (Å²) in [5, 5.41) is 45.8. The Morgan fingerprint density at radius 2 is 1.19 bits per heavy atom. The number of ether oxygens (including phenoxy) is 1. The summed E-state index contributed by atoms with van der Waals surface area (Å²) in [4.78, 5) is 56.3. The lowest BCUT2D eigenvalue weighted by molar-refractivity contribution is -0.395. The fourth-order valence-corrected chi connectivity index (χ4v) is 3.29. The first-order valence-electron chi connectivity index (χ1n) is 11.0. The number of carbonyl (C=O) groups excluding carboxylic acids is 1. The average Bonchev–Trinajstić information content (AvgIpc) is 3.17. The van der Waals surface area contributed by atoms with Crippen molar-refractivity contribution in [3.8, 4) is 11.1 Å². The van der Waals surface area contributed by atoms with Crippen LogP contribution in [0.5, 0.6) is 0 Å². The van der Waals surface area contributed by atoms with Gasteiger partial charge in [-0.2, -0.15) is 0 Å². The Balaban J connectivity index is 0.000000874. The van der Waals surface area contributed by atoms with E-state index in [-0.39, 0.29) is 40.5 Å². The second-order valence-electron chi connectivity index (χ2n) is 7.08. The molecule has 15 nitrogen and oxygen atoms in total. The van der Waals surface area contributed by atoms with Crippen LogP contribution in [0.4, 0.5) is 22.7 Å². The van der Waals surface area contributed by atoms with Gasteiger partial charge in [0, 0.05) is 36.7 Å². The minimum atomic E-state index is -0.879. The molecule has 0 spiro atoms. The third-order valence-electron chi connectivity index (χ3n) is 4.85. The van der Waals surface area contributed by atoms with Gasteiger partial charge in [0.1, 0.15) is 0 Å². The maximum absolute atomic E-state index is 11.6. The molecule has 37 heavy (non-hydrogen) atoms. The monoisotopic (exact) mass is 519 g/mol. The number of hydrogen-bond acceptors (Lipinski definition) is 11. The summed E-state index contributed by atoms with van der Waals surface area (Å²) in [6.07, 6.45) is 1.36. The zero-order valence-electron chi connectivity index (χ0n) is 20.7. The van der Waals surface area contributed by atoms with Crippen LogP contribution >= 0.6 is 0 Å². The first kappa shape index (κ1) is 30.2. The molecule has 0 atom stereocenters. The first-order valence-corrected chi connectivity index (χ1v) is 11.0. The molecule has 0 aliphatic heterocycles. The summed E-state index contributed by atoms with van der Waals surface area (Å²) >= 11 is 0. The Bertz CT molecular complexity index is 1190. The van der Waals surface area contributed by atoms with Crippen LogP contribution in [0, 0.1) is 40.5 Å². The van der Waals surface area contributed by atoms with Gasteiger partial charge in [-0.15, -0.1) is 0 Å². The minimum Gasteiger partial charge on any atom is -0.469 e. The van der Waals surface area contributed by atoms with E-state index < -0.39 is 42.4 Å². The van der Waals surface area contributed by atoms with E-state index in [1.54, 1.807) is 0 Å². The fourth-order valence-electron chi connectivity index (χ4n) is 3.29. The number of non-ortho nitro benzene ring substituents is 2. The first-order chi connectivity index (χ1) is 17.4. The standard InChI is InChI=1S/C17H13N5O8.C3H6O2.C2H6/c1-2-3-4-18-17-11-5-9(19(23)24)7-13(21(27)28)15(11)16-12(17)6-10(20(25)26)8-14(16)22(29)30;1-3(4)5-2;1-2/h5-8H,2-4H2,1H3;1-2H3;1-2H3. The van der Waals surface area contributed by atoms with E-state index in [1.165, 1.54) is 14.0 Å². The van der Waals surface area contributed by atoms with Crippen molar-refractivity contribution in [1.29, 1.82) is 0 Å². The van der Waals surface area contributed by atoms with Crippen molar-refractivity contribution in [2.24, 2.45) is 4.99 Å². The summed E-state index contributed by atoms with van der Waals surface area (Å²) in [5.74, 6) is -0.245. The number of hydrogen-bond donors (Lipinski definition) is 0. The van der Waals surface area contributed by atoms with Crippen molar-refractivity contribution in [1.82, 2.24) is 0 Å². The number of methoxy groups -OCH3 is 1. The molecule has 0 bridgehead atoms. The van der Waals surface area contributed by atoms with E-state index in [0.717, 1.165) is 18.6 Å². The number of carbonyl (C=O) groups is 1. The van der Waals surface area contributed by atoms with E-state index >= 15 is 0 Å². The van der Waals surface area contributed by atoms with Crippen molar-refractivity contribution in [2.45, 2.75) is 40.5 Å². The molecule has 0 heterocycles. The van der Waals surface area contributed by atoms with Gasteiger partial charge in [-0.25, -0.2) is 0 Å². The van der Waals surface area contributed by atoms with Crippen molar-refractivity contribution in [3.05, 3.63) is 75.8 Å². The van der Waals surface area contributed by atoms with Crippen LogP contribution in [0.15, 0.2) is 29.3 Å². The van der Waals surface area contributed by atoms with E-state index in [9.17, 15) is 45.3 Å². The average molecular weight is 519 g/mol. The summed E-state index contributed by atoms with van der Waals surface area (Å²) in [5.41, 5.74) is -3.07. The third kappa shape index (κ3) is 6.87. The largest absolute Gasteiger partial charge is 0.469 e. The predicted octanol–water partition coefficient (Wildman–Crippen LogP) is 5.14. The van der Waals surface area contributed by atoms with Crippen LogP contribution in [0.1, 0.15) is 51.7 Å². The van der Waals surface area contributed by atoms with Crippen molar-refractivity contribution in [2.75, 3.05) is 13.7 Å². The maximum Gasteiger partial charge on any atom is 0.302 e. The summed E-state index contributed by atoms with van der Waals surface area (Å²) < 4.78 is 4.11. The molecule has 0 fully saturated rings. The molecule has 3 rings (SSSR count). The molecular formula is C22H25N5O10. The van der Waals surface area contributed by atoms with Gasteiger partial charge >= 0.3 is 5.97 Å². The van der Waals surface area contributed by atoms with Crippen LogP contribution < -0.4 is 0 Å². The van der Waals surface area contributed by atoms with Crippen molar-refractivity contribution < 1.29 is 29.2 Å². The van der Waals surface area contributed by atoms with Gasteiger partial charge in [-0.05, 0) is 6.42 Å². The summed E-state index contributed by atoms with van der Waals surface area (Å²) in [6.45, 7) is 7.49. The number of unbranched alkanes of at least 4 members (excludes halogenated alkanes) is 1. The molecule has 0 aromatic heterocycles. The lowest BCUT2D eigenvalue weighted by Crippen LogP contribution is -2.03. The van der Waals surface area contributed by atoms with Gasteiger partial charge in [-0.3, -0.25) is 50.2 Å².